The molecule has 0 bridgehead atoms. The molecule has 1 aliphatic rings. The molecule has 0 unspecified atom stereocenters. The average Bonchev–Trinajstić information content (AvgIpc) is 2.90. The van der Waals surface area contributed by atoms with Crippen LogP contribution >= 0.6 is 0 Å². The van der Waals surface area contributed by atoms with Crippen LogP contribution in [0.3, 0.4) is 0 Å². The maximum absolute atomic E-state index is 11.9. The van der Waals surface area contributed by atoms with Crippen LogP contribution in [0.5, 0.6) is 0 Å². The van der Waals surface area contributed by atoms with Crippen molar-refractivity contribution in [2.24, 2.45) is 4.99 Å². The topological polar surface area (TPSA) is 41.5 Å². The summed E-state index contributed by atoms with van der Waals surface area (Å²) in [6.07, 6.45) is 1.70. The number of nitrogens with zero attached hydrogens (tertiary/aromatic N) is 1. The SMILES string of the molecule is O=C(NCCC1=Nc2ccccc2C1)c1ccccc1. The van der Waals surface area contributed by atoms with Crippen molar-refractivity contribution < 1.29 is 4.79 Å². The maximum atomic E-state index is 11.9. The molecule has 1 N–H and O–H groups in total. The first-order valence-electron chi connectivity index (χ1n) is 6.80. The first-order valence-corrected chi connectivity index (χ1v) is 6.80. The number of rotatable bonds is 4. The normalized spacial score (nSPS) is 12.7. The summed E-state index contributed by atoms with van der Waals surface area (Å²) in [5.41, 5.74) is 4.18. The molecule has 1 aliphatic heterocycles. The lowest BCUT2D eigenvalue weighted by atomic mass is 10.1. The third-order valence-corrected chi connectivity index (χ3v) is 3.40. The molecule has 3 nitrogen and oxygen atoms in total. The van der Waals surface area contributed by atoms with Gasteiger partial charge in [0.1, 0.15) is 0 Å². The van der Waals surface area contributed by atoms with Crippen molar-refractivity contribution in [2.75, 3.05) is 6.54 Å². The smallest absolute Gasteiger partial charge is 0.251 e. The van der Waals surface area contributed by atoms with Gasteiger partial charge in [0.25, 0.3) is 5.91 Å². The fraction of sp³-hybridized carbons (Fsp3) is 0.176. The molecule has 1 heterocycles. The minimum atomic E-state index is -0.0262. The Kier molecular flexibility index (Phi) is 3.59. The maximum Gasteiger partial charge on any atom is 0.251 e. The Labute approximate surface area is 118 Å². The van der Waals surface area contributed by atoms with E-state index in [0.29, 0.717) is 12.1 Å². The lowest BCUT2D eigenvalue weighted by molar-refractivity contribution is 0.0955. The van der Waals surface area contributed by atoms with Gasteiger partial charge < -0.3 is 5.32 Å². The second-order valence-corrected chi connectivity index (χ2v) is 4.86. The summed E-state index contributed by atoms with van der Waals surface area (Å²) in [5, 5.41) is 2.93. The number of fused-ring (bicyclic) bond motifs is 1. The molecule has 0 radical (unpaired) electrons. The van der Waals surface area contributed by atoms with E-state index in [1.165, 1.54) is 5.56 Å². The number of aliphatic imine (C=N–C) groups is 1. The highest BCUT2D eigenvalue weighted by molar-refractivity contribution is 5.96. The standard InChI is InChI=1S/C17H16N2O/c20-17(13-6-2-1-3-7-13)18-11-10-15-12-14-8-4-5-9-16(14)19-15/h1-9H,10-12H2,(H,18,20). The molecule has 100 valence electrons. The van der Waals surface area contributed by atoms with Crippen LogP contribution in [0.4, 0.5) is 5.69 Å². The molecule has 3 heteroatoms. The van der Waals surface area contributed by atoms with E-state index in [1.807, 2.05) is 48.5 Å². The summed E-state index contributed by atoms with van der Waals surface area (Å²) >= 11 is 0. The van der Waals surface area contributed by atoms with Crippen molar-refractivity contribution in [3.05, 3.63) is 65.7 Å². The van der Waals surface area contributed by atoms with Gasteiger partial charge >= 0.3 is 0 Å². The molecular weight excluding hydrogens is 248 g/mol. The third kappa shape index (κ3) is 2.77. The van der Waals surface area contributed by atoms with E-state index in [-0.39, 0.29) is 5.91 Å². The highest BCUT2D eigenvalue weighted by Gasteiger charge is 2.13. The van der Waals surface area contributed by atoms with Crippen LogP contribution in [0.15, 0.2) is 59.6 Å². The van der Waals surface area contributed by atoms with Crippen LogP contribution in [0, 0.1) is 0 Å². The van der Waals surface area contributed by atoms with Gasteiger partial charge in [-0.2, -0.15) is 0 Å². The molecule has 0 spiro atoms. The van der Waals surface area contributed by atoms with E-state index < -0.39 is 0 Å². The third-order valence-electron chi connectivity index (χ3n) is 3.40. The van der Waals surface area contributed by atoms with Gasteiger partial charge in [-0.05, 0) is 23.8 Å². The van der Waals surface area contributed by atoms with Gasteiger partial charge in [0.2, 0.25) is 0 Å². The molecule has 0 aromatic heterocycles. The van der Waals surface area contributed by atoms with E-state index in [4.69, 9.17) is 0 Å². The zero-order chi connectivity index (χ0) is 13.8. The molecule has 0 saturated heterocycles. The van der Waals surface area contributed by atoms with Gasteiger partial charge in [-0.1, -0.05) is 36.4 Å². The van der Waals surface area contributed by atoms with E-state index in [0.717, 1.165) is 24.2 Å². The van der Waals surface area contributed by atoms with Crippen molar-refractivity contribution in [2.45, 2.75) is 12.8 Å². The van der Waals surface area contributed by atoms with Gasteiger partial charge in [-0.15, -0.1) is 0 Å². The van der Waals surface area contributed by atoms with Crippen molar-refractivity contribution in [1.82, 2.24) is 5.32 Å². The Hall–Kier alpha value is -2.42. The van der Waals surface area contributed by atoms with Crippen LogP contribution in [0.25, 0.3) is 0 Å². The first kappa shape index (κ1) is 12.6. The summed E-state index contributed by atoms with van der Waals surface area (Å²) in [4.78, 5) is 16.5. The Bertz CT molecular complexity index is 647. The summed E-state index contributed by atoms with van der Waals surface area (Å²) in [5.74, 6) is -0.0262. The van der Waals surface area contributed by atoms with E-state index in [2.05, 4.69) is 16.4 Å². The Morgan fingerprint density at radius 1 is 1.05 bits per heavy atom. The minimum Gasteiger partial charge on any atom is -0.352 e. The van der Waals surface area contributed by atoms with Crippen molar-refractivity contribution in [1.29, 1.82) is 0 Å². The molecule has 2 aromatic rings. The van der Waals surface area contributed by atoms with Gasteiger partial charge in [0.15, 0.2) is 0 Å². The zero-order valence-electron chi connectivity index (χ0n) is 11.2. The first-order chi connectivity index (χ1) is 9.83. The largest absolute Gasteiger partial charge is 0.352 e. The Morgan fingerprint density at radius 2 is 1.80 bits per heavy atom. The van der Waals surface area contributed by atoms with Crippen LogP contribution in [-0.2, 0) is 6.42 Å². The van der Waals surface area contributed by atoms with Crippen molar-refractivity contribution >= 4 is 17.3 Å². The van der Waals surface area contributed by atoms with Crippen LogP contribution in [-0.4, -0.2) is 18.2 Å². The quantitative estimate of drug-likeness (QED) is 0.905. The summed E-state index contributed by atoms with van der Waals surface area (Å²) in [6, 6.07) is 17.5. The number of para-hydroxylation sites is 1. The molecule has 3 rings (SSSR count). The van der Waals surface area contributed by atoms with Crippen LogP contribution < -0.4 is 5.32 Å². The van der Waals surface area contributed by atoms with E-state index in [9.17, 15) is 4.79 Å². The van der Waals surface area contributed by atoms with E-state index >= 15 is 0 Å². The molecular formula is C17H16N2O. The Morgan fingerprint density at radius 3 is 2.60 bits per heavy atom. The molecule has 0 atom stereocenters. The molecule has 20 heavy (non-hydrogen) atoms. The van der Waals surface area contributed by atoms with Crippen molar-refractivity contribution in [3.63, 3.8) is 0 Å². The number of nitrogens with one attached hydrogen (secondary N) is 1. The zero-order valence-corrected chi connectivity index (χ0v) is 11.2. The van der Waals surface area contributed by atoms with E-state index in [1.54, 1.807) is 0 Å². The fourth-order valence-corrected chi connectivity index (χ4v) is 2.36. The van der Waals surface area contributed by atoms with Gasteiger partial charge in [0, 0.05) is 30.7 Å². The number of amides is 1. The number of hydrogen-bond acceptors (Lipinski definition) is 2. The Balaban J connectivity index is 1.51. The summed E-state index contributed by atoms with van der Waals surface area (Å²) in [7, 11) is 0. The number of carbonyl (C=O) groups is 1. The monoisotopic (exact) mass is 264 g/mol. The summed E-state index contributed by atoms with van der Waals surface area (Å²) < 4.78 is 0. The lowest BCUT2D eigenvalue weighted by Crippen LogP contribution is -2.26. The second-order valence-electron chi connectivity index (χ2n) is 4.86. The molecule has 2 aromatic carbocycles. The highest BCUT2D eigenvalue weighted by Crippen LogP contribution is 2.26. The number of carbonyl (C=O) groups excluding carboxylic acids is 1. The molecule has 1 amide bonds. The number of benzene rings is 2. The lowest BCUT2D eigenvalue weighted by Gasteiger charge is -2.04. The van der Waals surface area contributed by atoms with Gasteiger partial charge in [0.05, 0.1) is 5.69 Å². The van der Waals surface area contributed by atoms with Gasteiger partial charge in [-0.3, -0.25) is 9.79 Å². The minimum absolute atomic E-state index is 0.0262. The van der Waals surface area contributed by atoms with Crippen molar-refractivity contribution in [3.8, 4) is 0 Å². The summed E-state index contributed by atoms with van der Waals surface area (Å²) in [6.45, 7) is 0.626. The second kappa shape index (κ2) is 5.70. The average molecular weight is 264 g/mol. The molecule has 0 aliphatic carbocycles. The molecule has 0 saturated carbocycles. The van der Waals surface area contributed by atoms with Crippen LogP contribution in [0.2, 0.25) is 0 Å². The number of hydrogen-bond donors (Lipinski definition) is 1. The molecule has 0 fully saturated rings. The predicted molar refractivity (Wildman–Crippen MR) is 80.6 cm³/mol. The van der Waals surface area contributed by atoms with Crippen LogP contribution in [0.1, 0.15) is 22.3 Å². The fourth-order valence-electron chi connectivity index (χ4n) is 2.36. The highest BCUT2D eigenvalue weighted by atomic mass is 16.1. The van der Waals surface area contributed by atoms with Gasteiger partial charge in [-0.25, -0.2) is 0 Å². The predicted octanol–water partition coefficient (Wildman–Crippen LogP) is 3.14.